The van der Waals surface area contributed by atoms with Gasteiger partial charge >= 0.3 is 6.03 Å². The summed E-state index contributed by atoms with van der Waals surface area (Å²) in [7, 11) is 0. The van der Waals surface area contributed by atoms with Crippen LogP contribution in [0.4, 0.5) is 9.18 Å². The molecule has 3 amide bonds. The Balaban J connectivity index is 1.34. The molecule has 0 atom stereocenters. The standard InChI is InChI=1S/C19H20FN3O2/c20-17-8-6-14(7-9-17)18(24)21-10-3-11-22-19(25)23-12-15-4-1-2-5-16(15)13-23/h1-2,4-9H,3,10-13H2,(H,21,24)(H,22,25). The molecule has 25 heavy (non-hydrogen) atoms. The second kappa shape index (κ2) is 7.79. The first-order valence-corrected chi connectivity index (χ1v) is 8.27. The number of fused-ring (bicyclic) bond motifs is 1. The van der Waals surface area contributed by atoms with E-state index in [0.29, 0.717) is 38.2 Å². The zero-order chi connectivity index (χ0) is 17.6. The molecule has 0 saturated heterocycles. The van der Waals surface area contributed by atoms with Crippen LogP contribution in [0.1, 0.15) is 27.9 Å². The van der Waals surface area contributed by atoms with Gasteiger partial charge in [-0.15, -0.1) is 0 Å². The third-order valence-corrected chi connectivity index (χ3v) is 4.15. The molecule has 2 aromatic carbocycles. The number of nitrogens with one attached hydrogen (secondary N) is 2. The van der Waals surface area contributed by atoms with E-state index in [9.17, 15) is 14.0 Å². The summed E-state index contributed by atoms with van der Waals surface area (Å²) in [4.78, 5) is 25.8. The van der Waals surface area contributed by atoms with E-state index in [1.807, 2.05) is 24.3 Å². The zero-order valence-corrected chi connectivity index (χ0v) is 13.8. The second-order valence-corrected chi connectivity index (χ2v) is 5.97. The molecule has 2 aromatic rings. The topological polar surface area (TPSA) is 61.4 Å². The molecule has 1 aliphatic heterocycles. The predicted octanol–water partition coefficient (Wildman–Crippen LogP) is 2.67. The van der Waals surface area contributed by atoms with Gasteiger partial charge in [-0.2, -0.15) is 0 Å². The first-order valence-electron chi connectivity index (χ1n) is 8.27. The average Bonchev–Trinajstić information content (AvgIpc) is 3.06. The van der Waals surface area contributed by atoms with Crippen LogP contribution in [-0.4, -0.2) is 29.9 Å². The summed E-state index contributed by atoms with van der Waals surface area (Å²) in [6, 6.07) is 13.3. The van der Waals surface area contributed by atoms with Gasteiger partial charge in [-0.1, -0.05) is 24.3 Å². The molecule has 0 saturated carbocycles. The van der Waals surface area contributed by atoms with Crippen molar-refractivity contribution in [2.45, 2.75) is 19.5 Å². The lowest BCUT2D eigenvalue weighted by Gasteiger charge is -2.16. The smallest absolute Gasteiger partial charge is 0.318 e. The molecule has 0 bridgehead atoms. The number of halogens is 1. The Bertz CT molecular complexity index is 737. The van der Waals surface area contributed by atoms with Crippen molar-refractivity contribution in [1.29, 1.82) is 0 Å². The summed E-state index contributed by atoms with van der Waals surface area (Å²) in [5.41, 5.74) is 2.79. The largest absolute Gasteiger partial charge is 0.352 e. The van der Waals surface area contributed by atoms with E-state index in [1.54, 1.807) is 4.90 Å². The lowest BCUT2D eigenvalue weighted by atomic mass is 10.1. The lowest BCUT2D eigenvalue weighted by molar-refractivity contribution is 0.0953. The van der Waals surface area contributed by atoms with Crippen molar-refractivity contribution in [1.82, 2.24) is 15.5 Å². The van der Waals surface area contributed by atoms with Gasteiger partial charge in [0.1, 0.15) is 5.82 Å². The minimum absolute atomic E-state index is 0.0962. The third kappa shape index (κ3) is 4.35. The van der Waals surface area contributed by atoms with E-state index >= 15 is 0 Å². The monoisotopic (exact) mass is 341 g/mol. The lowest BCUT2D eigenvalue weighted by Crippen LogP contribution is -2.38. The number of hydrogen-bond donors (Lipinski definition) is 2. The van der Waals surface area contributed by atoms with E-state index in [2.05, 4.69) is 10.6 Å². The van der Waals surface area contributed by atoms with Gasteiger partial charge in [-0.3, -0.25) is 4.79 Å². The minimum Gasteiger partial charge on any atom is -0.352 e. The Hall–Kier alpha value is -2.89. The molecule has 2 N–H and O–H groups in total. The van der Waals surface area contributed by atoms with Crippen LogP contribution in [0.5, 0.6) is 0 Å². The fraction of sp³-hybridized carbons (Fsp3) is 0.263. The number of amides is 3. The number of rotatable bonds is 5. The van der Waals surface area contributed by atoms with Crippen LogP contribution in [0.3, 0.4) is 0 Å². The van der Waals surface area contributed by atoms with Crippen molar-refractivity contribution in [3.05, 3.63) is 71.0 Å². The van der Waals surface area contributed by atoms with E-state index in [-0.39, 0.29) is 17.8 Å². The maximum absolute atomic E-state index is 12.8. The Morgan fingerprint density at radius 1 is 0.920 bits per heavy atom. The molecule has 0 fully saturated rings. The highest BCUT2D eigenvalue weighted by molar-refractivity contribution is 5.94. The van der Waals surface area contributed by atoms with Crippen LogP contribution in [0.2, 0.25) is 0 Å². The van der Waals surface area contributed by atoms with Gasteiger partial charge in [0.15, 0.2) is 0 Å². The summed E-state index contributed by atoms with van der Waals surface area (Å²) in [6.45, 7) is 2.18. The van der Waals surface area contributed by atoms with Crippen molar-refractivity contribution >= 4 is 11.9 Å². The molecule has 0 unspecified atom stereocenters. The highest BCUT2D eigenvalue weighted by atomic mass is 19.1. The number of benzene rings is 2. The van der Waals surface area contributed by atoms with E-state index in [4.69, 9.17) is 0 Å². The van der Waals surface area contributed by atoms with Crippen molar-refractivity contribution < 1.29 is 14.0 Å². The fourth-order valence-electron chi connectivity index (χ4n) is 2.78. The van der Waals surface area contributed by atoms with Crippen LogP contribution in [-0.2, 0) is 13.1 Å². The van der Waals surface area contributed by atoms with Crippen LogP contribution in [0, 0.1) is 5.82 Å². The highest BCUT2D eigenvalue weighted by Gasteiger charge is 2.22. The molecule has 6 heteroatoms. The van der Waals surface area contributed by atoms with Gasteiger partial charge in [0.05, 0.1) is 0 Å². The van der Waals surface area contributed by atoms with Crippen LogP contribution in [0.25, 0.3) is 0 Å². The van der Waals surface area contributed by atoms with E-state index in [1.165, 1.54) is 35.4 Å². The zero-order valence-electron chi connectivity index (χ0n) is 13.8. The summed E-state index contributed by atoms with van der Waals surface area (Å²) in [5.74, 6) is -0.621. The molecule has 1 aliphatic rings. The normalized spacial score (nSPS) is 12.6. The predicted molar refractivity (Wildman–Crippen MR) is 92.4 cm³/mol. The molecular weight excluding hydrogens is 321 g/mol. The number of carbonyl (C=O) groups is 2. The third-order valence-electron chi connectivity index (χ3n) is 4.15. The maximum Gasteiger partial charge on any atom is 0.318 e. The van der Waals surface area contributed by atoms with Gasteiger partial charge in [0, 0.05) is 31.7 Å². The average molecular weight is 341 g/mol. The van der Waals surface area contributed by atoms with Crippen LogP contribution < -0.4 is 10.6 Å². The van der Waals surface area contributed by atoms with E-state index < -0.39 is 0 Å². The minimum atomic E-state index is -0.372. The van der Waals surface area contributed by atoms with Crippen LogP contribution >= 0.6 is 0 Å². The highest BCUT2D eigenvalue weighted by Crippen LogP contribution is 2.21. The summed E-state index contributed by atoms with van der Waals surface area (Å²) in [6.07, 6.45) is 0.624. The Morgan fingerprint density at radius 2 is 1.52 bits per heavy atom. The van der Waals surface area contributed by atoms with Gasteiger partial charge in [-0.25, -0.2) is 9.18 Å². The Morgan fingerprint density at radius 3 is 2.16 bits per heavy atom. The molecule has 0 aliphatic carbocycles. The Labute approximate surface area is 145 Å². The molecule has 3 rings (SSSR count). The Kier molecular flexibility index (Phi) is 5.28. The number of nitrogens with zero attached hydrogens (tertiary/aromatic N) is 1. The summed E-state index contributed by atoms with van der Waals surface area (Å²) < 4.78 is 12.8. The van der Waals surface area contributed by atoms with Crippen molar-refractivity contribution in [3.63, 3.8) is 0 Å². The fourth-order valence-corrected chi connectivity index (χ4v) is 2.78. The molecule has 0 radical (unpaired) electrons. The second-order valence-electron chi connectivity index (χ2n) is 5.97. The van der Waals surface area contributed by atoms with Crippen molar-refractivity contribution in [2.75, 3.05) is 13.1 Å². The van der Waals surface area contributed by atoms with Gasteiger partial charge in [-0.05, 0) is 41.8 Å². The van der Waals surface area contributed by atoms with Gasteiger partial charge in [0.2, 0.25) is 0 Å². The number of hydrogen-bond acceptors (Lipinski definition) is 2. The van der Waals surface area contributed by atoms with Gasteiger partial charge in [0.25, 0.3) is 5.91 Å². The quantitative estimate of drug-likeness (QED) is 0.822. The number of carbonyl (C=O) groups excluding carboxylic acids is 2. The molecule has 0 spiro atoms. The molecular formula is C19H20FN3O2. The summed E-state index contributed by atoms with van der Waals surface area (Å²) >= 11 is 0. The first kappa shape index (κ1) is 17.0. The SMILES string of the molecule is O=C(NCCCNC(=O)N1Cc2ccccc2C1)c1ccc(F)cc1. The first-order chi connectivity index (χ1) is 12.1. The van der Waals surface area contributed by atoms with Crippen molar-refractivity contribution in [3.8, 4) is 0 Å². The van der Waals surface area contributed by atoms with Crippen molar-refractivity contribution in [2.24, 2.45) is 0 Å². The van der Waals surface area contributed by atoms with Gasteiger partial charge < -0.3 is 15.5 Å². The maximum atomic E-state index is 12.8. The summed E-state index contributed by atoms with van der Waals surface area (Å²) in [5, 5.41) is 5.62. The molecule has 1 heterocycles. The van der Waals surface area contributed by atoms with Crippen LogP contribution in [0.15, 0.2) is 48.5 Å². The molecule has 5 nitrogen and oxygen atoms in total. The number of urea groups is 1. The molecule has 130 valence electrons. The van der Waals surface area contributed by atoms with E-state index in [0.717, 1.165) is 0 Å². The molecule has 0 aromatic heterocycles.